The van der Waals surface area contributed by atoms with Gasteiger partial charge in [0, 0.05) is 11.8 Å². The van der Waals surface area contributed by atoms with E-state index in [0.717, 1.165) is 23.7 Å². The molecule has 2 nitrogen and oxygen atoms in total. The predicted octanol–water partition coefficient (Wildman–Crippen LogP) is 2.33. The first-order valence-corrected chi connectivity index (χ1v) is 5.97. The van der Waals surface area contributed by atoms with Gasteiger partial charge in [-0.15, -0.1) is 0 Å². The summed E-state index contributed by atoms with van der Waals surface area (Å²) in [5, 5.41) is 0. The van der Waals surface area contributed by atoms with Crippen LogP contribution in [0.15, 0.2) is 18.2 Å². The Kier molecular flexibility index (Phi) is 2.99. The van der Waals surface area contributed by atoms with Gasteiger partial charge in [-0.2, -0.15) is 11.8 Å². The van der Waals surface area contributed by atoms with Crippen LogP contribution in [0.25, 0.3) is 0 Å². The number of hydrogen-bond acceptors (Lipinski definition) is 3. The third kappa shape index (κ3) is 1.88. The summed E-state index contributed by atoms with van der Waals surface area (Å²) in [4.78, 5) is 0. The minimum atomic E-state index is 0.176. The molecule has 0 spiro atoms. The highest BCUT2D eigenvalue weighted by Gasteiger charge is 2.15. The van der Waals surface area contributed by atoms with Gasteiger partial charge in [0.25, 0.3) is 0 Å². The predicted molar refractivity (Wildman–Crippen MR) is 60.7 cm³/mol. The van der Waals surface area contributed by atoms with Gasteiger partial charge < -0.3 is 10.5 Å². The summed E-state index contributed by atoms with van der Waals surface area (Å²) in [7, 11) is 1.69. The molecule has 0 saturated carbocycles. The Morgan fingerprint density at radius 2 is 2.36 bits per heavy atom. The van der Waals surface area contributed by atoms with Crippen LogP contribution in [-0.2, 0) is 5.75 Å². The molecule has 0 fully saturated rings. The largest absolute Gasteiger partial charge is 0.497 e. The Hall–Kier alpha value is -0.670. The fourth-order valence-electron chi connectivity index (χ4n) is 1.72. The van der Waals surface area contributed by atoms with Crippen molar-refractivity contribution in [2.75, 3.05) is 12.9 Å². The van der Waals surface area contributed by atoms with Crippen molar-refractivity contribution in [1.82, 2.24) is 0 Å². The molecule has 1 aromatic rings. The molecule has 0 aromatic heterocycles. The second-order valence-electron chi connectivity index (χ2n) is 3.51. The monoisotopic (exact) mass is 209 g/mol. The third-order valence-corrected chi connectivity index (χ3v) is 3.62. The lowest BCUT2D eigenvalue weighted by Crippen LogP contribution is -2.11. The fraction of sp³-hybridized carbons (Fsp3) is 0.455. The van der Waals surface area contributed by atoms with Gasteiger partial charge in [0.1, 0.15) is 5.75 Å². The second kappa shape index (κ2) is 4.24. The zero-order valence-corrected chi connectivity index (χ0v) is 9.14. The van der Waals surface area contributed by atoms with Gasteiger partial charge in [-0.25, -0.2) is 0 Å². The first kappa shape index (κ1) is 9.87. The standard InChI is InChI=1S/C11H15NOS/c1-13-9-3-2-8-7-14-5-4-11(12)10(8)6-9/h2-3,6,11H,4-5,7,12H2,1H3. The van der Waals surface area contributed by atoms with E-state index in [1.54, 1.807) is 7.11 Å². The van der Waals surface area contributed by atoms with Crippen molar-refractivity contribution < 1.29 is 4.74 Å². The number of ether oxygens (including phenoxy) is 1. The maximum atomic E-state index is 6.10. The number of hydrogen-bond donors (Lipinski definition) is 1. The number of benzene rings is 1. The molecule has 2 N–H and O–H groups in total. The summed E-state index contributed by atoms with van der Waals surface area (Å²) in [5.41, 5.74) is 8.72. The van der Waals surface area contributed by atoms with E-state index in [9.17, 15) is 0 Å². The minimum Gasteiger partial charge on any atom is -0.497 e. The van der Waals surface area contributed by atoms with Gasteiger partial charge >= 0.3 is 0 Å². The maximum Gasteiger partial charge on any atom is 0.119 e. The molecule has 2 rings (SSSR count). The molecular formula is C11H15NOS. The van der Waals surface area contributed by atoms with Crippen molar-refractivity contribution >= 4 is 11.8 Å². The molecule has 14 heavy (non-hydrogen) atoms. The van der Waals surface area contributed by atoms with Crippen molar-refractivity contribution in [2.24, 2.45) is 5.73 Å². The quantitative estimate of drug-likeness (QED) is 0.771. The van der Waals surface area contributed by atoms with Crippen LogP contribution in [0.5, 0.6) is 5.75 Å². The molecule has 0 bridgehead atoms. The Morgan fingerprint density at radius 3 is 3.14 bits per heavy atom. The summed E-state index contributed by atoms with van der Waals surface area (Å²) < 4.78 is 5.21. The zero-order valence-electron chi connectivity index (χ0n) is 8.32. The minimum absolute atomic E-state index is 0.176. The third-order valence-electron chi connectivity index (χ3n) is 2.58. The molecular weight excluding hydrogens is 194 g/mol. The Bertz CT molecular complexity index is 327. The van der Waals surface area contributed by atoms with Gasteiger partial charge in [0.15, 0.2) is 0 Å². The number of rotatable bonds is 1. The molecule has 76 valence electrons. The SMILES string of the molecule is COc1ccc2c(c1)C(N)CCSC2. The van der Waals surface area contributed by atoms with Crippen molar-refractivity contribution in [1.29, 1.82) is 0 Å². The van der Waals surface area contributed by atoms with E-state index in [2.05, 4.69) is 12.1 Å². The summed E-state index contributed by atoms with van der Waals surface area (Å²) in [5.74, 6) is 3.14. The van der Waals surface area contributed by atoms with Crippen LogP contribution >= 0.6 is 11.8 Å². The zero-order chi connectivity index (χ0) is 9.97. The lowest BCUT2D eigenvalue weighted by atomic mass is 10.00. The summed E-state index contributed by atoms with van der Waals surface area (Å²) in [6, 6.07) is 6.39. The highest BCUT2D eigenvalue weighted by molar-refractivity contribution is 7.98. The molecule has 3 heteroatoms. The summed E-state index contributed by atoms with van der Waals surface area (Å²) >= 11 is 1.95. The second-order valence-corrected chi connectivity index (χ2v) is 4.62. The number of nitrogens with two attached hydrogens (primary N) is 1. The van der Waals surface area contributed by atoms with Crippen LogP contribution < -0.4 is 10.5 Å². The first-order valence-electron chi connectivity index (χ1n) is 4.81. The summed E-state index contributed by atoms with van der Waals surface area (Å²) in [6.45, 7) is 0. The average molecular weight is 209 g/mol. The van der Waals surface area contributed by atoms with Crippen LogP contribution in [0.3, 0.4) is 0 Å². The van der Waals surface area contributed by atoms with Crippen molar-refractivity contribution in [2.45, 2.75) is 18.2 Å². The highest BCUT2D eigenvalue weighted by atomic mass is 32.2. The molecule has 1 atom stereocenters. The van der Waals surface area contributed by atoms with E-state index in [1.807, 2.05) is 17.8 Å². The lowest BCUT2D eigenvalue weighted by molar-refractivity contribution is 0.413. The van der Waals surface area contributed by atoms with Gasteiger partial charge in [-0.1, -0.05) is 6.07 Å². The van der Waals surface area contributed by atoms with Gasteiger partial charge in [-0.05, 0) is 35.4 Å². The Balaban J connectivity index is 2.39. The molecule has 1 heterocycles. The lowest BCUT2D eigenvalue weighted by Gasteiger charge is -2.13. The molecule has 0 amide bonds. The molecule has 1 aromatic carbocycles. The Morgan fingerprint density at radius 1 is 1.50 bits per heavy atom. The maximum absolute atomic E-state index is 6.10. The van der Waals surface area contributed by atoms with Gasteiger partial charge in [-0.3, -0.25) is 0 Å². The highest BCUT2D eigenvalue weighted by Crippen LogP contribution is 2.31. The average Bonchev–Trinajstić information content (AvgIpc) is 2.40. The van der Waals surface area contributed by atoms with Crippen LogP contribution in [0.1, 0.15) is 23.6 Å². The van der Waals surface area contributed by atoms with E-state index in [1.165, 1.54) is 11.1 Å². The molecule has 1 unspecified atom stereocenters. The first-order chi connectivity index (χ1) is 6.81. The number of fused-ring (bicyclic) bond motifs is 1. The van der Waals surface area contributed by atoms with E-state index in [-0.39, 0.29) is 6.04 Å². The summed E-state index contributed by atoms with van der Waals surface area (Å²) in [6.07, 6.45) is 1.06. The topological polar surface area (TPSA) is 35.2 Å². The van der Waals surface area contributed by atoms with Gasteiger partial charge in [0.05, 0.1) is 7.11 Å². The molecule has 0 radical (unpaired) electrons. The number of methoxy groups -OCH3 is 1. The van der Waals surface area contributed by atoms with Crippen molar-refractivity contribution in [3.05, 3.63) is 29.3 Å². The van der Waals surface area contributed by atoms with E-state index in [4.69, 9.17) is 10.5 Å². The van der Waals surface area contributed by atoms with Crippen LogP contribution in [-0.4, -0.2) is 12.9 Å². The van der Waals surface area contributed by atoms with E-state index in [0.29, 0.717) is 0 Å². The van der Waals surface area contributed by atoms with Crippen LogP contribution in [0, 0.1) is 0 Å². The Labute approximate surface area is 88.8 Å². The molecule has 1 aliphatic heterocycles. The van der Waals surface area contributed by atoms with E-state index >= 15 is 0 Å². The van der Waals surface area contributed by atoms with Crippen LogP contribution in [0.2, 0.25) is 0 Å². The number of thioether (sulfide) groups is 1. The van der Waals surface area contributed by atoms with Crippen LogP contribution in [0.4, 0.5) is 0 Å². The van der Waals surface area contributed by atoms with E-state index < -0.39 is 0 Å². The fourth-order valence-corrected chi connectivity index (χ4v) is 2.77. The molecule has 1 aliphatic rings. The van der Waals surface area contributed by atoms with Gasteiger partial charge in [0.2, 0.25) is 0 Å². The molecule has 0 aliphatic carbocycles. The molecule has 0 saturated heterocycles. The smallest absolute Gasteiger partial charge is 0.119 e. The van der Waals surface area contributed by atoms with Crippen molar-refractivity contribution in [3.8, 4) is 5.75 Å². The van der Waals surface area contributed by atoms with Crippen molar-refractivity contribution in [3.63, 3.8) is 0 Å². The normalized spacial score (nSPS) is 21.1.